The number of nitrogens with zero attached hydrogens (tertiary/aromatic N) is 4. The van der Waals surface area contributed by atoms with Crippen molar-refractivity contribution in [1.82, 2.24) is 10.2 Å². The minimum Gasteiger partial charge on any atom is -0.476 e. The number of aromatic carboxylic acids is 1. The summed E-state index contributed by atoms with van der Waals surface area (Å²) in [5.41, 5.74) is 12.9. The fourth-order valence-corrected chi connectivity index (χ4v) is 3.80. The predicted octanol–water partition coefficient (Wildman–Crippen LogP) is 1.37. The molecule has 6 N–H and O–H groups in total. The molecule has 2 aromatic rings. The number of H-pyrrole nitrogens is 1. The zero-order valence-electron chi connectivity index (χ0n) is 13.6. The number of hydrogen-bond donors (Lipinski definition) is 4. The van der Waals surface area contributed by atoms with Crippen molar-refractivity contribution < 1.29 is 9.90 Å². The Balaban J connectivity index is 1.86. The second-order valence-corrected chi connectivity index (χ2v) is 6.43. The summed E-state index contributed by atoms with van der Waals surface area (Å²) in [5.74, 6) is -0.626. The van der Waals surface area contributed by atoms with Crippen LogP contribution in [0.2, 0.25) is 0 Å². The molecule has 0 radical (unpaired) electrons. The molecule has 0 atom stereocenters. The Kier molecular flexibility index (Phi) is 3.38. The van der Waals surface area contributed by atoms with Gasteiger partial charge in [-0.25, -0.2) is 9.79 Å². The first kappa shape index (κ1) is 15.4. The highest BCUT2D eigenvalue weighted by Crippen LogP contribution is 2.40. The summed E-state index contributed by atoms with van der Waals surface area (Å²) in [6.45, 7) is 0. The number of carboxylic acids is 1. The Morgan fingerprint density at radius 3 is 2.72 bits per heavy atom. The Labute approximate surface area is 143 Å². The molecule has 9 nitrogen and oxygen atoms in total. The minimum absolute atomic E-state index is 0.0231. The van der Waals surface area contributed by atoms with Crippen molar-refractivity contribution in [2.24, 2.45) is 21.5 Å². The van der Waals surface area contributed by atoms with Crippen LogP contribution in [0.25, 0.3) is 10.9 Å². The molecule has 4 rings (SSSR count). The number of benzene rings is 1. The molecule has 1 saturated carbocycles. The zero-order valence-corrected chi connectivity index (χ0v) is 13.6. The lowest BCUT2D eigenvalue weighted by Gasteiger charge is -2.45. The molecule has 2 aliphatic rings. The second-order valence-electron chi connectivity index (χ2n) is 6.43. The van der Waals surface area contributed by atoms with Crippen molar-refractivity contribution in [3.05, 3.63) is 23.9 Å². The van der Waals surface area contributed by atoms with E-state index < -0.39 is 11.6 Å². The first-order valence-electron chi connectivity index (χ1n) is 8.21. The lowest BCUT2D eigenvalue weighted by Crippen LogP contribution is -2.58. The summed E-state index contributed by atoms with van der Waals surface area (Å²) in [4.78, 5) is 22.0. The van der Waals surface area contributed by atoms with E-state index in [4.69, 9.17) is 11.5 Å². The van der Waals surface area contributed by atoms with Gasteiger partial charge in [0.15, 0.2) is 5.69 Å². The predicted molar refractivity (Wildman–Crippen MR) is 94.6 cm³/mol. The number of carbonyl (C=O) groups is 1. The Hall–Kier alpha value is -3.10. The number of carboxylic acid groups (broad SMARTS) is 1. The molecule has 0 unspecified atom stereocenters. The summed E-state index contributed by atoms with van der Waals surface area (Å²) in [6, 6.07) is 5.41. The van der Waals surface area contributed by atoms with Crippen LogP contribution < -0.4 is 16.4 Å². The van der Waals surface area contributed by atoms with Gasteiger partial charge in [-0.1, -0.05) is 6.42 Å². The van der Waals surface area contributed by atoms with Crippen molar-refractivity contribution in [2.45, 2.75) is 37.8 Å². The van der Waals surface area contributed by atoms with Gasteiger partial charge in [0.1, 0.15) is 5.66 Å². The quantitative estimate of drug-likeness (QED) is 0.649. The van der Waals surface area contributed by atoms with E-state index in [2.05, 4.69) is 20.2 Å². The molecule has 9 heteroatoms. The SMILES string of the molecule is NC1=NC2(CCCCC2)N(c2ccc3[nH]nc(C(=O)O)c3c2)C(N)=N1. The number of nitrogens with one attached hydrogen (secondary N) is 1. The number of guanidine groups is 2. The van der Waals surface area contributed by atoms with Gasteiger partial charge in [0.25, 0.3) is 0 Å². The average molecular weight is 341 g/mol. The molecule has 1 aliphatic carbocycles. The number of aromatic amines is 1. The maximum atomic E-state index is 11.4. The van der Waals surface area contributed by atoms with E-state index in [-0.39, 0.29) is 17.6 Å². The summed E-state index contributed by atoms with van der Waals surface area (Å²) in [7, 11) is 0. The second kappa shape index (κ2) is 5.47. The van der Waals surface area contributed by atoms with Crippen LogP contribution >= 0.6 is 0 Å². The fourth-order valence-electron chi connectivity index (χ4n) is 3.80. The third kappa shape index (κ3) is 2.39. The average Bonchev–Trinajstić information content (AvgIpc) is 2.98. The largest absolute Gasteiger partial charge is 0.476 e. The van der Waals surface area contributed by atoms with Crippen LogP contribution in [0.4, 0.5) is 5.69 Å². The standard InChI is InChI=1S/C16H19N7O2/c17-14-19-15(18)23(16(20-14)6-2-1-3-7-16)9-4-5-11-10(8-9)12(13(24)25)22-21-11/h4-5,8H,1-3,6-7H2,(H,21,22)(H,24,25)(H4,17,18,19,20). The molecular formula is C16H19N7O2. The number of anilines is 1. The maximum absolute atomic E-state index is 11.4. The maximum Gasteiger partial charge on any atom is 0.357 e. The first-order valence-corrected chi connectivity index (χ1v) is 8.21. The minimum atomic E-state index is -1.08. The van der Waals surface area contributed by atoms with Gasteiger partial charge in [-0.05, 0) is 43.9 Å². The fraction of sp³-hybridized carbons (Fsp3) is 0.375. The van der Waals surface area contributed by atoms with Gasteiger partial charge < -0.3 is 16.6 Å². The van der Waals surface area contributed by atoms with E-state index in [9.17, 15) is 9.90 Å². The molecule has 25 heavy (non-hydrogen) atoms. The Morgan fingerprint density at radius 2 is 2.00 bits per heavy atom. The van der Waals surface area contributed by atoms with E-state index >= 15 is 0 Å². The van der Waals surface area contributed by atoms with Crippen molar-refractivity contribution >= 4 is 34.5 Å². The van der Waals surface area contributed by atoms with Crippen molar-refractivity contribution in [3.8, 4) is 0 Å². The van der Waals surface area contributed by atoms with E-state index in [0.29, 0.717) is 10.9 Å². The molecule has 130 valence electrons. The topological polar surface area (TPSA) is 146 Å². The monoisotopic (exact) mass is 341 g/mol. The van der Waals surface area contributed by atoms with Gasteiger partial charge in [0.05, 0.1) is 5.52 Å². The molecule has 0 saturated heterocycles. The third-order valence-corrected chi connectivity index (χ3v) is 4.86. The summed E-state index contributed by atoms with van der Waals surface area (Å²) < 4.78 is 0. The van der Waals surface area contributed by atoms with Crippen LogP contribution in [-0.4, -0.2) is 38.9 Å². The van der Waals surface area contributed by atoms with Crippen LogP contribution in [0.3, 0.4) is 0 Å². The lowest BCUT2D eigenvalue weighted by molar-refractivity contribution is 0.0692. The Morgan fingerprint density at radius 1 is 1.24 bits per heavy atom. The highest BCUT2D eigenvalue weighted by molar-refractivity contribution is 6.08. The molecule has 1 fully saturated rings. The van der Waals surface area contributed by atoms with Crippen LogP contribution in [0.1, 0.15) is 42.6 Å². The molecular weight excluding hydrogens is 322 g/mol. The number of hydrogen-bond acceptors (Lipinski definition) is 7. The third-order valence-electron chi connectivity index (χ3n) is 4.86. The molecule has 1 aliphatic heterocycles. The van der Waals surface area contributed by atoms with E-state index in [0.717, 1.165) is 37.8 Å². The number of rotatable bonds is 2. The van der Waals surface area contributed by atoms with Crippen molar-refractivity contribution in [2.75, 3.05) is 4.90 Å². The molecule has 1 aromatic heterocycles. The molecule has 1 spiro atoms. The normalized spacial score (nSPS) is 19.8. The van der Waals surface area contributed by atoms with Gasteiger partial charge in [0, 0.05) is 11.1 Å². The number of nitrogens with two attached hydrogens (primary N) is 2. The number of fused-ring (bicyclic) bond motifs is 1. The summed E-state index contributed by atoms with van der Waals surface area (Å²) in [6.07, 6.45) is 4.83. The van der Waals surface area contributed by atoms with Crippen LogP contribution in [0.5, 0.6) is 0 Å². The van der Waals surface area contributed by atoms with E-state index in [1.54, 1.807) is 12.1 Å². The number of aromatic nitrogens is 2. The van der Waals surface area contributed by atoms with Crippen LogP contribution in [0, 0.1) is 0 Å². The van der Waals surface area contributed by atoms with Gasteiger partial charge in [-0.3, -0.25) is 10.00 Å². The van der Waals surface area contributed by atoms with Gasteiger partial charge in [0.2, 0.25) is 11.9 Å². The van der Waals surface area contributed by atoms with Gasteiger partial charge >= 0.3 is 5.97 Å². The van der Waals surface area contributed by atoms with Gasteiger partial charge in [-0.2, -0.15) is 10.1 Å². The number of aliphatic imine (C=N–C) groups is 2. The molecule has 0 bridgehead atoms. The van der Waals surface area contributed by atoms with E-state index in [1.165, 1.54) is 0 Å². The van der Waals surface area contributed by atoms with Crippen LogP contribution in [-0.2, 0) is 0 Å². The molecule has 0 amide bonds. The van der Waals surface area contributed by atoms with Gasteiger partial charge in [-0.15, -0.1) is 0 Å². The summed E-state index contributed by atoms with van der Waals surface area (Å²) in [5, 5.41) is 16.4. The zero-order chi connectivity index (χ0) is 17.6. The summed E-state index contributed by atoms with van der Waals surface area (Å²) >= 11 is 0. The molecule has 1 aromatic carbocycles. The smallest absolute Gasteiger partial charge is 0.357 e. The highest BCUT2D eigenvalue weighted by atomic mass is 16.4. The highest BCUT2D eigenvalue weighted by Gasteiger charge is 2.42. The van der Waals surface area contributed by atoms with Crippen molar-refractivity contribution in [1.29, 1.82) is 0 Å². The van der Waals surface area contributed by atoms with Crippen molar-refractivity contribution in [3.63, 3.8) is 0 Å². The first-order chi connectivity index (χ1) is 12.0. The molecule has 2 heterocycles. The van der Waals surface area contributed by atoms with Crippen LogP contribution in [0.15, 0.2) is 28.2 Å². The lowest BCUT2D eigenvalue weighted by atomic mass is 9.87. The Bertz CT molecular complexity index is 908. The van der Waals surface area contributed by atoms with E-state index in [1.807, 2.05) is 11.0 Å².